The predicted octanol–water partition coefficient (Wildman–Crippen LogP) is 4.91. The Bertz CT molecular complexity index is 1180. The van der Waals surface area contributed by atoms with Crippen molar-refractivity contribution in [3.63, 3.8) is 0 Å². The van der Waals surface area contributed by atoms with Crippen LogP contribution < -0.4 is 4.74 Å². The number of carbonyl (C=O) groups is 2. The molecule has 0 aliphatic carbocycles. The molecule has 0 aromatic heterocycles. The van der Waals surface area contributed by atoms with Crippen LogP contribution in [0.1, 0.15) is 68.8 Å². The predicted molar refractivity (Wildman–Crippen MR) is 133 cm³/mol. The summed E-state index contributed by atoms with van der Waals surface area (Å²) < 4.78 is 11.6. The molecule has 6 nitrogen and oxygen atoms in total. The van der Waals surface area contributed by atoms with Gasteiger partial charge in [0.25, 0.3) is 11.7 Å². The van der Waals surface area contributed by atoms with E-state index in [9.17, 15) is 14.7 Å². The highest BCUT2D eigenvalue weighted by Crippen LogP contribution is 2.41. The van der Waals surface area contributed by atoms with E-state index in [2.05, 4.69) is 20.8 Å². The standard InChI is InChI=1S/C29H33NO5/c1-17-14-20-15-19(9-12-23(20)35-17)26(31)24-25(18-7-10-21(11-8-18)29(2,3)4)30(28(33)27(24)32)16-22-6-5-13-34-22/h7-12,15,17,22,25,31H,5-6,13-14,16H2,1-4H3. The molecule has 2 fully saturated rings. The lowest BCUT2D eigenvalue weighted by molar-refractivity contribution is -0.140. The Morgan fingerprint density at radius 1 is 1.11 bits per heavy atom. The number of likely N-dealkylation sites (tertiary alicyclic amines) is 1. The number of Topliss-reactive ketones (excluding diaryl/α,β-unsaturated/α-hetero) is 1. The summed E-state index contributed by atoms with van der Waals surface area (Å²) in [6.07, 6.45) is 2.49. The van der Waals surface area contributed by atoms with Gasteiger partial charge in [-0.25, -0.2) is 0 Å². The number of aliphatic hydroxyl groups excluding tert-OH is 1. The van der Waals surface area contributed by atoms with Crippen molar-refractivity contribution in [2.24, 2.45) is 0 Å². The molecule has 3 aliphatic rings. The topological polar surface area (TPSA) is 76.1 Å². The second-order valence-electron chi connectivity index (χ2n) is 10.9. The molecule has 6 heteroatoms. The first-order valence-electron chi connectivity index (χ1n) is 12.4. The lowest BCUT2D eigenvalue weighted by Gasteiger charge is -2.28. The maximum absolute atomic E-state index is 13.3. The molecule has 0 bridgehead atoms. The van der Waals surface area contributed by atoms with E-state index in [1.165, 1.54) is 0 Å². The van der Waals surface area contributed by atoms with Crippen LogP contribution >= 0.6 is 0 Å². The number of hydrogen-bond donors (Lipinski definition) is 1. The molecule has 0 radical (unpaired) electrons. The van der Waals surface area contributed by atoms with E-state index in [0.29, 0.717) is 18.7 Å². The second-order valence-corrected chi connectivity index (χ2v) is 10.9. The van der Waals surface area contributed by atoms with Crippen molar-refractivity contribution in [2.75, 3.05) is 13.2 Å². The Labute approximate surface area is 206 Å². The SMILES string of the molecule is CC1Cc2cc(C(O)=C3C(=O)C(=O)N(CC4CCCO4)C3c3ccc(C(C)(C)C)cc3)ccc2O1. The van der Waals surface area contributed by atoms with Gasteiger partial charge in [0.05, 0.1) is 17.7 Å². The van der Waals surface area contributed by atoms with Crippen LogP contribution in [0.5, 0.6) is 5.75 Å². The van der Waals surface area contributed by atoms with Crippen LogP contribution in [0.3, 0.4) is 0 Å². The molecule has 0 saturated carbocycles. The number of nitrogens with zero attached hydrogens (tertiary/aromatic N) is 1. The Hall–Kier alpha value is -3.12. The lowest BCUT2D eigenvalue weighted by Crippen LogP contribution is -2.36. The van der Waals surface area contributed by atoms with Gasteiger partial charge in [-0.1, -0.05) is 45.0 Å². The molecule has 3 unspecified atom stereocenters. The van der Waals surface area contributed by atoms with E-state index in [-0.39, 0.29) is 29.0 Å². The molecule has 2 aromatic carbocycles. The third-order valence-electron chi connectivity index (χ3n) is 7.23. The summed E-state index contributed by atoms with van der Waals surface area (Å²) in [5.74, 6) is -0.604. The first-order chi connectivity index (χ1) is 16.6. The van der Waals surface area contributed by atoms with Crippen LogP contribution in [0.2, 0.25) is 0 Å². The Kier molecular flexibility index (Phi) is 5.96. The number of fused-ring (bicyclic) bond motifs is 1. The molecular formula is C29H33NO5. The largest absolute Gasteiger partial charge is 0.507 e. The number of hydrogen-bond acceptors (Lipinski definition) is 5. The van der Waals surface area contributed by atoms with Crippen molar-refractivity contribution in [2.45, 2.75) is 70.6 Å². The fourth-order valence-electron chi connectivity index (χ4n) is 5.31. The lowest BCUT2D eigenvalue weighted by atomic mass is 9.85. The third-order valence-corrected chi connectivity index (χ3v) is 7.23. The highest BCUT2D eigenvalue weighted by Gasteiger charge is 2.47. The van der Waals surface area contributed by atoms with E-state index < -0.39 is 17.7 Å². The van der Waals surface area contributed by atoms with Crippen LogP contribution in [0.25, 0.3) is 5.76 Å². The van der Waals surface area contributed by atoms with Gasteiger partial charge in [0.15, 0.2) is 0 Å². The monoisotopic (exact) mass is 475 g/mol. The van der Waals surface area contributed by atoms with Gasteiger partial charge in [-0.3, -0.25) is 9.59 Å². The number of carbonyl (C=O) groups excluding carboxylic acids is 2. The zero-order valence-corrected chi connectivity index (χ0v) is 20.8. The molecule has 1 N–H and O–H groups in total. The van der Waals surface area contributed by atoms with Crippen molar-refractivity contribution >= 4 is 17.4 Å². The summed E-state index contributed by atoms with van der Waals surface area (Å²) in [6.45, 7) is 9.41. The number of amides is 1. The van der Waals surface area contributed by atoms with Gasteiger partial charge in [0.2, 0.25) is 0 Å². The maximum Gasteiger partial charge on any atom is 0.295 e. The average molecular weight is 476 g/mol. The van der Waals surface area contributed by atoms with Crippen molar-refractivity contribution in [1.82, 2.24) is 4.90 Å². The van der Waals surface area contributed by atoms with Crippen molar-refractivity contribution in [3.8, 4) is 5.75 Å². The van der Waals surface area contributed by atoms with Crippen molar-refractivity contribution < 1.29 is 24.2 Å². The van der Waals surface area contributed by atoms with E-state index in [1.54, 1.807) is 11.0 Å². The van der Waals surface area contributed by atoms with Gasteiger partial charge in [0.1, 0.15) is 17.6 Å². The second kappa shape index (κ2) is 8.83. The first-order valence-corrected chi connectivity index (χ1v) is 12.4. The van der Waals surface area contributed by atoms with Crippen LogP contribution in [0.4, 0.5) is 0 Å². The molecule has 3 atom stereocenters. The van der Waals surface area contributed by atoms with Crippen LogP contribution in [0.15, 0.2) is 48.0 Å². The normalized spacial score (nSPS) is 25.7. The van der Waals surface area contributed by atoms with E-state index in [4.69, 9.17) is 9.47 Å². The minimum Gasteiger partial charge on any atom is -0.507 e. The smallest absolute Gasteiger partial charge is 0.295 e. The highest BCUT2D eigenvalue weighted by molar-refractivity contribution is 6.46. The molecule has 5 rings (SSSR count). The van der Waals surface area contributed by atoms with E-state index >= 15 is 0 Å². The summed E-state index contributed by atoms with van der Waals surface area (Å²) in [5, 5.41) is 11.4. The number of rotatable bonds is 4. The number of aliphatic hydroxyl groups is 1. The summed E-state index contributed by atoms with van der Waals surface area (Å²) in [4.78, 5) is 28.1. The van der Waals surface area contributed by atoms with Gasteiger partial charge in [-0.05, 0) is 60.1 Å². The molecule has 0 spiro atoms. The Morgan fingerprint density at radius 2 is 1.86 bits per heavy atom. The highest BCUT2D eigenvalue weighted by atomic mass is 16.5. The summed E-state index contributed by atoms with van der Waals surface area (Å²) >= 11 is 0. The number of ketones is 1. The molecule has 3 aliphatic heterocycles. The van der Waals surface area contributed by atoms with Gasteiger partial charge >= 0.3 is 0 Å². The number of benzene rings is 2. The van der Waals surface area contributed by atoms with Crippen LogP contribution in [0, 0.1) is 0 Å². The van der Waals surface area contributed by atoms with Crippen LogP contribution in [-0.2, 0) is 26.2 Å². The van der Waals surface area contributed by atoms with E-state index in [1.807, 2.05) is 43.3 Å². The summed E-state index contributed by atoms with van der Waals surface area (Å²) in [5.41, 5.74) is 3.57. The molecule has 184 valence electrons. The van der Waals surface area contributed by atoms with Crippen LogP contribution in [-0.4, -0.2) is 47.1 Å². The molecule has 35 heavy (non-hydrogen) atoms. The molecule has 3 heterocycles. The van der Waals surface area contributed by atoms with Gasteiger partial charge in [-0.15, -0.1) is 0 Å². The van der Waals surface area contributed by atoms with Gasteiger partial charge < -0.3 is 19.5 Å². The molecule has 1 amide bonds. The first kappa shape index (κ1) is 23.6. The Morgan fingerprint density at radius 3 is 2.51 bits per heavy atom. The van der Waals surface area contributed by atoms with E-state index in [0.717, 1.165) is 41.7 Å². The van der Waals surface area contributed by atoms with Gasteiger partial charge in [-0.2, -0.15) is 0 Å². The molecular weight excluding hydrogens is 442 g/mol. The molecule has 2 saturated heterocycles. The van der Waals surface area contributed by atoms with Crippen molar-refractivity contribution in [3.05, 3.63) is 70.3 Å². The molecule has 2 aromatic rings. The summed E-state index contributed by atoms with van der Waals surface area (Å²) in [6, 6.07) is 12.8. The average Bonchev–Trinajstić information content (AvgIpc) is 3.52. The minimum absolute atomic E-state index is 0.0261. The van der Waals surface area contributed by atoms with Gasteiger partial charge in [0, 0.05) is 25.1 Å². The Balaban J connectivity index is 1.59. The van der Waals surface area contributed by atoms with Crippen molar-refractivity contribution in [1.29, 1.82) is 0 Å². The zero-order chi connectivity index (χ0) is 24.9. The number of ether oxygens (including phenoxy) is 2. The minimum atomic E-state index is -0.670. The fraction of sp³-hybridized carbons (Fsp3) is 0.448. The summed E-state index contributed by atoms with van der Waals surface area (Å²) in [7, 11) is 0. The quantitative estimate of drug-likeness (QED) is 0.386. The fourth-order valence-corrected chi connectivity index (χ4v) is 5.31. The maximum atomic E-state index is 13.3. The third kappa shape index (κ3) is 4.36. The zero-order valence-electron chi connectivity index (χ0n) is 20.8.